The summed E-state index contributed by atoms with van der Waals surface area (Å²) in [5.41, 5.74) is 3.31. The Morgan fingerprint density at radius 3 is 2.37 bits per heavy atom. The number of carbonyl (C=O) groups is 1. The van der Waals surface area contributed by atoms with Gasteiger partial charge in [0.1, 0.15) is 6.54 Å². The molecule has 0 aliphatic heterocycles. The largest absolute Gasteiger partial charge is 0.348 e. The average molecular weight is 409 g/mol. The standard InChI is InChI=1S/C20H25ClN2O3S/c1-5-16-7-9-17(10-8-16)15(3)22-20(24)13-23(27(4,25)26)19-12-18(21)11-6-14(19)2/h6-12,15H,5,13H2,1-4H3,(H,22,24)/t15-/m0/s1. The van der Waals surface area contributed by atoms with E-state index < -0.39 is 10.0 Å². The quantitative estimate of drug-likeness (QED) is 0.756. The van der Waals surface area contributed by atoms with E-state index in [0.29, 0.717) is 10.7 Å². The van der Waals surface area contributed by atoms with E-state index in [0.717, 1.165) is 28.1 Å². The number of anilines is 1. The molecular weight excluding hydrogens is 384 g/mol. The lowest BCUT2D eigenvalue weighted by molar-refractivity contribution is -0.120. The number of hydrogen-bond donors (Lipinski definition) is 1. The van der Waals surface area contributed by atoms with Crippen LogP contribution in [0.4, 0.5) is 5.69 Å². The van der Waals surface area contributed by atoms with Crippen LogP contribution in [-0.2, 0) is 21.2 Å². The van der Waals surface area contributed by atoms with Crippen molar-refractivity contribution in [3.8, 4) is 0 Å². The Hall–Kier alpha value is -2.05. The Morgan fingerprint density at radius 1 is 1.19 bits per heavy atom. The molecule has 0 heterocycles. The summed E-state index contributed by atoms with van der Waals surface area (Å²) in [7, 11) is -3.65. The zero-order chi connectivity index (χ0) is 20.2. The van der Waals surface area contributed by atoms with Gasteiger partial charge in [-0.1, -0.05) is 48.9 Å². The number of nitrogens with zero attached hydrogens (tertiary/aromatic N) is 1. The van der Waals surface area contributed by atoms with Gasteiger partial charge in [0.05, 0.1) is 18.0 Å². The SMILES string of the molecule is CCc1ccc([C@H](C)NC(=O)CN(c2cc(Cl)ccc2C)S(C)(=O)=O)cc1. The van der Waals surface area contributed by atoms with Gasteiger partial charge in [-0.05, 0) is 49.1 Å². The van der Waals surface area contributed by atoms with E-state index in [2.05, 4.69) is 12.2 Å². The maximum Gasteiger partial charge on any atom is 0.241 e. The summed E-state index contributed by atoms with van der Waals surface area (Å²) in [5.74, 6) is -0.383. The number of nitrogens with one attached hydrogen (secondary N) is 1. The third kappa shape index (κ3) is 5.71. The summed E-state index contributed by atoms with van der Waals surface area (Å²) < 4.78 is 25.6. The third-order valence-electron chi connectivity index (χ3n) is 4.39. The van der Waals surface area contributed by atoms with Gasteiger partial charge in [-0.15, -0.1) is 0 Å². The summed E-state index contributed by atoms with van der Waals surface area (Å²) in [6.45, 7) is 5.42. The van der Waals surface area contributed by atoms with Crippen molar-refractivity contribution in [1.82, 2.24) is 5.32 Å². The number of carbonyl (C=O) groups excluding carboxylic acids is 1. The van der Waals surface area contributed by atoms with Crippen LogP contribution in [0.1, 0.15) is 36.6 Å². The van der Waals surface area contributed by atoms with E-state index in [9.17, 15) is 13.2 Å². The lowest BCUT2D eigenvalue weighted by atomic mass is 10.1. The topological polar surface area (TPSA) is 66.5 Å². The van der Waals surface area contributed by atoms with Crippen molar-refractivity contribution in [2.75, 3.05) is 17.1 Å². The second-order valence-electron chi connectivity index (χ2n) is 6.58. The highest BCUT2D eigenvalue weighted by Crippen LogP contribution is 2.26. The molecule has 1 N–H and O–H groups in total. The van der Waals surface area contributed by atoms with Crippen LogP contribution in [-0.4, -0.2) is 27.1 Å². The van der Waals surface area contributed by atoms with Gasteiger partial charge >= 0.3 is 0 Å². The van der Waals surface area contributed by atoms with Crippen LogP contribution in [0.5, 0.6) is 0 Å². The molecule has 0 radical (unpaired) electrons. The van der Waals surface area contributed by atoms with E-state index in [1.165, 1.54) is 5.56 Å². The zero-order valence-corrected chi connectivity index (χ0v) is 17.6. The van der Waals surface area contributed by atoms with Gasteiger partial charge in [0.25, 0.3) is 0 Å². The number of benzene rings is 2. The molecule has 2 aromatic rings. The first-order chi connectivity index (χ1) is 12.6. The maximum atomic E-state index is 12.5. The van der Waals surface area contributed by atoms with Crippen molar-refractivity contribution in [2.45, 2.75) is 33.2 Å². The van der Waals surface area contributed by atoms with Crippen LogP contribution in [0.2, 0.25) is 5.02 Å². The van der Waals surface area contributed by atoms with Crippen molar-refractivity contribution < 1.29 is 13.2 Å². The highest BCUT2D eigenvalue weighted by Gasteiger charge is 2.23. The van der Waals surface area contributed by atoms with Gasteiger partial charge in [0.2, 0.25) is 15.9 Å². The molecular formula is C20H25ClN2O3S. The summed E-state index contributed by atoms with van der Waals surface area (Å²) in [6.07, 6.45) is 2.02. The third-order valence-corrected chi connectivity index (χ3v) is 5.75. The minimum atomic E-state index is -3.65. The molecule has 0 saturated heterocycles. The Labute approximate surface area is 166 Å². The molecule has 0 aliphatic rings. The summed E-state index contributed by atoms with van der Waals surface area (Å²) >= 11 is 6.01. The number of rotatable bonds is 7. The zero-order valence-electron chi connectivity index (χ0n) is 16.0. The monoisotopic (exact) mass is 408 g/mol. The molecule has 146 valence electrons. The molecule has 27 heavy (non-hydrogen) atoms. The molecule has 2 rings (SSSR count). The van der Waals surface area contributed by atoms with Crippen molar-refractivity contribution in [1.29, 1.82) is 0 Å². The Bertz CT molecular complexity index is 911. The second kappa shape index (κ2) is 8.76. The highest BCUT2D eigenvalue weighted by atomic mass is 35.5. The van der Waals surface area contributed by atoms with Crippen LogP contribution in [0.15, 0.2) is 42.5 Å². The molecule has 1 atom stereocenters. The van der Waals surface area contributed by atoms with Gasteiger partial charge in [-0.25, -0.2) is 8.42 Å². The molecule has 5 nitrogen and oxygen atoms in total. The molecule has 0 spiro atoms. The minimum Gasteiger partial charge on any atom is -0.348 e. The van der Waals surface area contributed by atoms with Gasteiger partial charge in [-0.3, -0.25) is 9.10 Å². The van der Waals surface area contributed by atoms with Gasteiger partial charge < -0.3 is 5.32 Å². The molecule has 0 saturated carbocycles. The smallest absolute Gasteiger partial charge is 0.241 e. The molecule has 7 heteroatoms. The van der Waals surface area contributed by atoms with E-state index in [-0.39, 0.29) is 18.5 Å². The van der Waals surface area contributed by atoms with Crippen LogP contribution in [0.25, 0.3) is 0 Å². The van der Waals surface area contributed by atoms with Gasteiger partial charge in [0, 0.05) is 5.02 Å². The molecule has 0 aliphatic carbocycles. The summed E-state index contributed by atoms with van der Waals surface area (Å²) in [5, 5.41) is 3.27. The Balaban J connectivity index is 2.17. The van der Waals surface area contributed by atoms with E-state index in [4.69, 9.17) is 11.6 Å². The number of aryl methyl sites for hydroxylation is 2. The Morgan fingerprint density at radius 2 is 1.81 bits per heavy atom. The van der Waals surface area contributed by atoms with Crippen molar-refractivity contribution in [2.24, 2.45) is 0 Å². The van der Waals surface area contributed by atoms with Gasteiger partial charge in [0.15, 0.2) is 0 Å². The predicted molar refractivity (Wildman–Crippen MR) is 111 cm³/mol. The first-order valence-corrected chi connectivity index (χ1v) is 11.0. The van der Waals surface area contributed by atoms with Crippen molar-refractivity contribution >= 4 is 33.2 Å². The number of sulfonamides is 1. The fourth-order valence-corrected chi connectivity index (χ4v) is 3.85. The molecule has 1 amide bonds. The normalized spacial score (nSPS) is 12.5. The van der Waals surface area contributed by atoms with Crippen LogP contribution in [0.3, 0.4) is 0 Å². The van der Waals surface area contributed by atoms with Crippen LogP contribution in [0, 0.1) is 6.92 Å². The van der Waals surface area contributed by atoms with Crippen molar-refractivity contribution in [3.63, 3.8) is 0 Å². The highest BCUT2D eigenvalue weighted by molar-refractivity contribution is 7.92. The molecule has 0 bridgehead atoms. The second-order valence-corrected chi connectivity index (χ2v) is 8.93. The lowest BCUT2D eigenvalue weighted by Crippen LogP contribution is -2.41. The lowest BCUT2D eigenvalue weighted by Gasteiger charge is -2.25. The van der Waals surface area contributed by atoms with Gasteiger partial charge in [-0.2, -0.15) is 0 Å². The number of hydrogen-bond acceptors (Lipinski definition) is 3. The fourth-order valence-electron chi connectivity index (χ4n) is 2.78. The fraction of sp³-hybridized carbons (Fsp3) is 0.350. The average Bonchev–Trinajstić information content (AvgIpc) is 2.61. The summed E-state index contributed by atoms with van der Waals surface area (Å²) in [4.78, 5) is 12.5. The van der Waals surface area contributed by atoms with Crippen LogP contribution < -0.4 is 9.62 Å². The number of amides is 1. The van der Waals surface area contributed by atoms with Crippen LogP contribution >= 0.6 is 11.6 Å². The maximum absolute atomic E-state index is 12.5. The molecule has 0 unspecified atom stereocenters. The first-order valence-electron chi connectivity index (χ1n) is 8.74. The van der Waals surface area contributed by atoms with E-state index in [1.54, 1.807) is 25.1 Å². The molecule has 0 fully saturated rings. The first kappa shape index (κ1) is 21.3. The van der Waals surface area contributed by atoms with E-state index in [1.807, 2.05) is 31.2 Å². The predicted octanol–water partition coefficient (Wildman–Crippen LogP) is 3.85. The summed E-state index contributed by atoms with van der Waals surface area (Å²) in [6, 6.07) is 12.7. The minimum absolute atomic E-state index is 0.231. The van der Waals surface area contributed by atoms with Crippen molar-refractivity contribution in [3.05, 3.63) is 64.2 Å². The Kier molecular flexibility index (Phi) is 6.89. The molecule has 2 aromatic carbocycles. The number of halogens is 1. The molecule has 0 aromatic heterocycles. The van der Waals surface area contributed by atoms with E-state index >= 15 is 0 Å².